The molecule has 0 radical (unpaired) electrons. The number of terminal acetylenes is 1. The molecule has 0 aliphatic carbocycles. The van der Waals surface area contributed by atoms with Gasteiger partial charge < -0.3 is 24.3 Å². The summed E-state index contributed by atoms with van der Waals surface area (Å²) in [4.78, 5) is 26.6. The van der Waals surface area contributed by atoms with Gasteiger partial charge in [-0.25, -0.2) is 13.6 Å². The number of aromatic hydroxyl groups is 1. The van der Waals surface area contributed by atoms with Gasteiger partial charge in [-0.1, -0.05) is 12.0 Å². The van der Waals surface area contributed by atoms with Crippen LogP contribution < -0.4 is 15.3 Å². The lowest BCUT2D eigenvalue weighted by molar-refractivity contribution is 0.161. The summed E-state index contributed by atoms with van der Waals surface area (Å²) in [5.74, 6) is 2.14. The van der Waals surface area contributed by atoms with E-state index in [1.807, 2.05) is 4.90 Å². The summed E-state index contributed by atoms with van der Waals surface area (Å²) in [6.45, 7) is 4.66. The fourth-order valence-electron chi connectivity index (χ4n) is 6.86. The van der Waals surface area contributed by atoms with Crippen molar-refractivity contribution in [3.05, 3.63) is 51.6 Å². The molecule has 2 aromatic carbocycles. The zero-order valence-corrected chi connectivity index (χ0v) is 25.4. The first-order chi connectivity index (χ1) is 21.7. The van der Waals surface area contributed by atoms with Crippen LogP contribution in [0.25, 0.3) is 33.0 Å². The highest BCUT2D eigenvalue weighted by Gasteiger charge is 2.34. The Morgan fingerprint density at radius 2 is 1.91 bits per heavy atom. The second-order valence-corrected chi connectivity index (χ2v) is 12.0. The molecule has 0 saturated carbocycles. The highest BCUT2D eigenvalue weighted by molar-refractivity contribution is 6.03. The van der Waals surface area contributed by atoms with Crippen molar-refractivity contribution < 1.29 is 28.1 Å². The van der Waals surface area contributed by atoms with Gasteiger partial charge in [0.1, 0.15) is 28.9 Å². The Labute approximate surface area is 259 Å². The zero-order chi connectivity index (χ0) is 31.8. The van der Waals surface area contributed by atoms with Crippen molar-refractivity contribution in [2.24, 2.45) is 0 Å². The van der Waals surface area contributed by atoms with E-state index in [1.54, 1.807) is 6.92 Å². The molecule has 11 heteroatoms. The number of aryl methyl sites for hydroxylation is 1. The number of fused-ring (bicyclic) bond motifs is 3. The standard InChI is InChI=1S/C27H24FN3O5.C7H12FN/c1-4-18-20(28)8-7-15-12-17(33)13-19(21(15)18)24-14(2)23-22(26(34)36-24)25(30-27(29-23)35-3)31-10-5-6-16(32)9-11-31;8-6-4-7-2-1-3-9(7)5-6/h1,7-8,12-13,16,32-33H,5-6,9-11H2,2-3H3;6-7H,1-5H2. The molecule has 3 unspecified atom stereocenters. The van der Waals surface area contributed by atoms with E-state index in [1.165, 1.54) is 44.2 Å². The van der Waals surface area contributed by atoms with E-state index in [0.717, 1.165) is 19.4 Å². The van der Waals surface area contributed by atoms with E-state index >= 15 is 0 Å². The normalized spacial score (nSPS) is 21.7. The number of ether oxygens (including phenoxy) is 1. The van der Waals surface area contributed by atoms with Crippen LogP contribution in [0.1, 0.15) is 49.7 Å². The van der Waals surface area contributed by atoms with Crippen LogP contribution in [0.5, 0.6) is 11.8 Å². The number of halogens is 2. The van der Waals surface area contributed by atoms with E-state index in [0.29, 0.717) is 66.2 Å². The van der Waals surface area contributed by atoms with E-state index in [9.17, 15) is 23.8 Å². The maximum atomic E-state index is 14.6. The molecule has 3 saturated heterocycles. The number of aliphatic hydroxyl groups excluding tert-OH is 1. The molecular formula is C34H36F2N4O5. The van der Waals surface area contributed by atoms with Crippen LogP contribution in [0.4, 0.5) is 14.6 Å². The van der Waals surface area contributed by atoms with Crippen molar-refractivity contribution in [1.82, 2.24) is 14.9 Å². The average Bonchev–Trinajstić information content (AvgIpc) is 3.53. The molecule has 0 spiro atoms. The van der Waals surface area contributed by atoms with Crippen LogP contribution in [0.2, 0.25) is 0 Å². The van der Waals surface area contributed by atoms with Gasteiger partial charge >= 0.3 is 11.6 Å². The second-order valence-electron chi connectivity index (χ2n) is 12.0. The number of phenolic OH excluding ortho intramolecular Hbond substituents is 1. The van der Waals surface area contributed by atoms with Crippen LogP contribution in [-0.4, -0.2) is 76.7 Å². The number of hydrogen-bond acceptors (Lipinski definition) is 9. The maximum Gasteiger partial charge on any atom is 0.349 e. The van der Waals surface area contributed by atoms with Gasteiger partial charge in [-0.2, -0.15) is 9.97 Å². The van der Waals surface area contributed by atoms with Gasteiger partial charge in [0, 0.05) is 42.2 Å². The SMILES string of the molecule is C#Cc1c(F)ccc2cc(O)cc(-c3oc(=O)c4c(N5CCCC(O)CC5)nc(OC)nc4c3C)c12.FC1CC2CCCN2C1. The summed E-state index contributed by atoms with van der Waals surface area (Å²) >= 11 is 0. The summed E-state index contributed by atoms with van der Waals surface area (Å²) in [5.41, 5.74) is 0.353. The van der Waals surface area contributed by atoms with Gasteiger partial charge in [0.15, 0.2) is 5.82 Å². The van der Waals surface area contributed by atoms with Gasteiger partial charge in [-0.15, -0.1) is 6.42 Å². The lowest BCUT2D eigenvalue weighted by atomic mass is 9.95. The Morgan fingerprint density at radius 3 is 2.67 bits per heavy atom. The van der Waals surface area contributed by atoms with Gasteiger partial charge in [0.05, 0.1) is 24.3 Å². The predicted molar refractivity (Wildman–Crippen MR) is 168 cm³/mol. The van der Waals surface area contributed by atoms with Crippen molar-refractivity contribution in [3.63, 3.8) is 0 Å². The Bertz CT molecular complexity index is 1840. The number of methoxy groups -OCH3 is 1. The Hall–Kier alpha value is -4.27. The molecule has 0 bridgehead atoms. The average molecular weight is 619 g/mol. The minimum Gasteiger partial charge on any atom is -0.508 e. The smallest absolute Gasteiger partial charge is 0.349 e. The van der Waals surface area contributed by atoms with Crippen molar-refractivity contribution in [2.45, 2.75) is 63.8 Å². The number of phenols is 1. The quantitative estimate of drug-likeness (QED) is 0.303. The second kappa shape index (κ2) is 12.6. The Morgan fingerprint density at radius 1 is 1.11 bits per heavy atom. The molecule has 3 fully saturated rings. The van der Waals surface area contributed by atoms with Crippen LogP contribution >= 0.6 is 0 Å². The molecule has 5 heterocycles. The third-order valence-electron chi connectivity index (χ3n) is 9.04. The largest absolute Gasteiger partial charge is 0.508 e. The number of hydrogen-bond donors (Lipinski definition) is 2. The Balaban J connectivity index is 0.000000337. The summed E-state index contributed by atoms with van der Waals surface area (Å²) in [7, 11) is 1.43. The fourth-order valence-corrected chi connectivity index (χ4v) is 6.86. The fraction of sp³-hybridized carbons (Fsp3) is 0.441. The van der Waals surface area contributed by atoms with Crippen molar-refractivity contribution in [3.8, 4) is 35.4 Å². The van der Waals surface area contributed by atoms with E-state index in [4.69, 9.17) is 15.6 Å². The molecule has 0 amide bonds. The van der Waals surface area contributed by atoms with Crippen LogP contribution in [0.3, 0.4) is 0 Å². The molecular weight excluding hydrogens is 582 g/mol. The molecule has 3 atom stereocenters. The van der Waals surface area contributed by atoms with Crippen molar-refractivity contribution >= 4 is 27.5 Å². The highest BCUT2D eigenvalue weighted by atomic mass is 19.1. The molecule has 3 aliphatic heterocycles. The molecule has 9 nitrogen and oxygen atoms in total. The van der Waals surface area contributed by atoms with Gasteiger partial charge in [0.2, 0.25) is 0 Å². The minimum absolute atomic E-state index is 0.00581. The van der Waals surface area contributed by atoms with Crippen LogP contribution in [0, 0.1) is 25.1 Å². The first-order valence-corrected chi connectivity index (χ1v) is 15.3. The lowest BCUT2D eigenvalue weighted by Crippen LogP contribution is -2.27. The van der Waals surface area contributed by atoms with Crippen molar-refractivity contribution in [2.75, 3.05) is 38.2 Å². The number of nitrogens with zero attached hydrogens (tertiary/aromatic N) is 4. The maximum absolute atomic E-state index is 14.6. The highest BCUT2D eigenvalue weighted by Crippen LogP contribution is 2.39. The molecule has 3 aliphatic rings. The summed E-state index contributed by atoms with van der Waals surface area (Å²) in [6.07, 6.45) is 9.94. The minimum atomic E-state index is -0.691. The molecule has 2 N–H and O–H groups in total. The van der Waals surface area contributed by atoms with Crippen LogP contribution in [0.15, 0.2) is 33.5 Å². The zero-order valence-electron chi connectivity index (χ0n) is 25.4. The topological polar surface area (TPSA) is 112 Å². The van der Waals surface area contributed by atoms with E-state index < -0.39 is 23.7 Å². The predicted octanol–water partition coefficient (Wildman–Crippen LogP) is 5.09. The number of aliphatic hydroxyl groups is 1. The van der Waals surface area contributed by atoms with Gasteiger partial charge in [-0.05, 0) is 75.6 Å². The summed E-state index contributed by atoms with van der Waals surface area (Å²) in [6, 6.07) is 6.26. The number of anilines is 1. The van der Waals surface area contributed by atoms with E-state index in [2.05, 4.69) is 20.8 Å². The van der Waals surface area contributed by atoms with Crippen LogP contribution in [-0.2, 0) is 0 Å². The Kier molecular flexibility index (Phi) is 8.62. The first-order valence-electron chi connectivity index (χ1n) is 15.3. The number of rotatable bonds is 3. The molecule has 45 heavy (non-hydrogen) atoms. The lowest BCUT2D eigenvalue weighted by Gasteiger charge is -2.23. The van der Waals surface area contributed by atoms with Gasteiger partial charge in [0.25, 0.3) is 0 Å². The molecule has 7 rings (SSSR count). The number of alkyl halides is 1. The third kappa shape index (κ3) is 5.92. The van der Waals surface area contributed by atoms with E-state index in [-0.39, 0.29) is 34.0 Å². The monoisotopic (exact) mass is 618 g/mol. The third-order valence-corrected chi connectivity index (χ3v) is 9.04. The summed E-state index contributed by atoms with van der Waals surface area (Å²) < 4.78 is 38.4. The van der Waals surface area contributed by atoms with Crippen molar-refractivity contribution in [1.29, 1.82) is 0 Å². The number of benzene rings is 2. The molecule has 236 valence electrons. The first kappa shape index (κ1) is 30.7. The summed E-state index contributed by atoms with van der Waals surface area (Å²) in [5, 5.41) is 21.5. The van der Waals surface area contributed by atoms with Gasteiger partial charge in [-0.3, -0.25) is 4.90 Å². The number of aromatic nitrogens is 2. The molecule has 4 aromatic rings. The molecule has 2 aromatic heterocycles.